The van der Waals surface area contributed by atoms with Gasteiger partial charge in [-0.1, -0.05) is 6.92 Å². The molecule has 2 rings (SSSR count). The number of hydrogen-bond donors (Lipinski definition) is 1. The highest BCUT2D eigenvalue weighted by Crippen LogP contribution is 2.27. The second kappa shape index (κ2) is 4.94. The van der Waals surface area contributed by atoms with Crippen molar-refractivity contribution in [2.45, 2.75) is 19.8 Å². The Hall–Kier alpha value is -1.26. The largest absolute Gasteiger partial charge is 0.330 e. The standard InChI is InChI=1S/C13H15FN2S/c1-8-5-10(3-4-11(8)14)12-7-17-13(16-12)9(2)6-15/h3-5,7,9H,6,15H2,1-2H3. The van der Waals surface area contributed by atoms with E-state index in [1.54, 1.807) is 24.3 Å². The lowest BCUT2D eigenvalue weighted by atomic mass is 10.1. The maximum absolute atomic E-state index is 13.2. The highest BCUT2D eigenvalue weighted by Gasteiger charge is 2.10. The average molecular weight is 250 g/mol. The summed E-state index contributed by atoms with van der Waals surface area (Å²) in [7, 11) is 0. The molecule has 0 aliphatic carbocycles. The lowest BCUT2D eigenvalue weighted by Gasteiger charge is -2.03. The number of nitrogens with two attached hydrogens (primary N) is 1. The molecule has 0 aliphatic heterocycles. The van der Waals surface area contributed by atoms with E-state index in [4.69, 9.17) is 5.73 Å². The third-order valence-corrected chi connectivity index (χ3v) is 3.83. The lowest BCUT2D eigenvalue weighted by Crippen LogP contribution is -2.08. The molecule has 0 bridgehead atoms. The van der Waals surface area contributed by atoms with E-state index in [2.05, 4.69) is 11.9 Å². The lowest BCUT2D eigenvalue weighted by molar-refractivity contribution is 0.619. The molecule has 0 spiro atoms. The van der Waals surface area contributed by atoms with Crippen LogP contribution >= 0.6 is 11.3 Å². The molecule has 0 radical (unpaired) electrons. The fraction of sp³-hybridized carbons (Fsp3) is 0.308. The van der Waals surface area contributed by atoms with Crippen molar-refractivity contribution in [3.63, 3.8) is 0 Å². The van der Waals surface area contributed by atoms with Gasteiger partial charge in [-0.05, 0) is 30.7 Å². The maximum Gasteiger partial charge on any atom is 0.126 e. The Bertz CT molecular complexity index is 522. The van der Waals surface area contributed by atoms with Crippen LogP contribution in [-0.2, 0) is 0 Å². The SMILES string of the molecule is Cc1cc(-c2csc(C(C)CN)n2)ccc1F. The highest BCUT2D eigenvalue weighted by molar-refractivity contribution is 7.10. The molecule has 1 aromatic heterocycles. The predicted molar refractivity (Wildman–Crippen MR) is 69.7 cm³/mol. The predicted octanol–water partition coefficient (Wildman–Crippen LogP) is 3.32. The van der Waals surface area contributed by atoms with Crippen molar-refractivity contribution < 1.29 is 4.39 Å². The number of thiazole rings is 1. The molecular formula is C13H15FN2S. The van der Waals surface area contributed by atoms with Crippen molar-refractivity contribution in [1.82, 2.24) is 4.98 Å². The molecule has 1 heterocycles. The fourth-order valence-electron chi connectivity index (χ4n) is 1.55. The molecule has 0 fully saturated rings. The molecule has 0 saturated heterocycles. The van der Waals surface area contributed by atoms with Gasteiger partial charge in [0.25, 0.3) is 0 Å². The zero-order valence-electron chi connectivity index (χ0n) is 9.90. The Morgan fingerprint density at radius 1 is 1.47 bits per heavy atom. The smallest absolute Gasteiger partial charge is 0.126 e. The number of benzene rings is 1. The molecule has 1 aromatic carbocycles. The summed E-state index contributed by atoms with van der Waals surface area (Å²) in [4.78, 5) is 4.54. The normalized spacial score (nSPS) is 12.7. The fourth-order valence-corrected chi connectivity index (χ4v) is 2.45. The van der Waals surface area contributed by atoms with E-state index < -0.39 is 0 Å². The van der Waals surface area contributed by atoms with Crippen LogP contribution in [0, 0.1) is 12.7 Å². The molecule has 1 atom stereocenters. The zero-order chi connectivity index (χ0) is 12.4. The van der Waals surface area contributed by atoms with Gasteiger partial charge in [-0.3, -0.25) is 0 Å². The van der Waals surface area contributed by atoms with Crippen LogP contribution in [0.2, 0.25) is 0 Å². The van der Waals surface area contributed by atoms with Gasteiger partial charge >= 0.3 is 0 Å². The number of nitrogens with zero attached hydrogens (tertiary/aromatic N) is 1. The van der Waals surface area contributed by atoms with Gasteiger partial charge in [0.15, 0.2) is 0 Å². The number of rotatable bonds is 3. The molecule has 0 saturated carbocycles. The minimum absolute atomic E-state index is 0.181. The van der Waals surface area contributed by atoms with Crippen LogP contribution < -0.4 is 5.73 Å². The van der Waals surface area contributed by atoms with E-state index in [-0.39, 0.29) is 11.7 Å². The summed E-state index contributed by atoms with van der Waals surface area (Å²) in [5, 5.41) is 3.03. The molecule has 4 heteroatoms. The van der Waals surface area contributed by atoms with Gasteiger partial charge in [0.1, 0.15) is 5.82 Å². The summed E-state index contributed by atoms with van der Waals surface area (Å²) in [6, 6.07) is 5.06. The summed E-state index contributed by atoms with van der Waals surface area (Å²) in [6.07, 6.45) is 0. The van der Waals surface area contributed by atoms with E-state index in [0.29, 0.717) is 12.1 Å². The summed E-state index contributed by atoms with van der Waals surface area (Å²) in [5.41, 5.74) is 8.11. The topological polar surface area (TPSA) is 38.9 Å². The average Bonchev–Trinajstić information content (AvgIpc) is 2.81. The van der Waals surface area contributed by atoms with Crippen LogP contribution in [0.4, 0.5) is 4.39 Å². The van der Waals surface area contributed by atoms with Crippen LogP contribution in [0.25, 0.3) is 11.3 Å². The number of halogens is 1. The molecule has 0 aliphatic rings. The maximum atomic E-state index is 13.2. The van der Waals surface area contributed by atoms with Crippen LogP contribution in [0.1, 0.15) is 23.4 Å². The summed E-state index contributed by atoms with van der Waals surface area (Å²) >= 11 is 1.60. The van der Waals surface area contributed by atoms with Crippen LogP contribution in [0.15, 0.2) is 23.6 Å². The van der Waals surface area contributed by atoms with Gasteiger partial charge in [0, 0.05) is 23.4 Å². The van der Waals surface area contributed by atoms with E-state index >= 15 is 0 Å². The van der Waals surface area contributed by atoms with E-state index in [1.165, 1.54) is 6.07 Å². The molecule has 2 N–H and O–H groups in total. The summed E-state index contributed by atoms with van der Waals surface area (Å²) in [5.74, 6) is 0.0924. The summed E-state index contributed by atoms with van der Waals surface area (Å²) < 4.78 is 13.2. The Morgan fingerprint density at radius 2 is 2.24 bits per heavy atom. The first-order valence-corrected chi connectivity index (χ1v) is 6.41. The Kier molecular flexibility index (Phi) is 3.54. The number of hydrogen-bond acceptors (Lipinski definition) is 3. The first-order valence-electron chi connectivity index (χ1n) is 5.54. The second-order valence-electron chi connectivity index (χ2n) is 4.17. The van der Waals surface area contributed by atoms with Gasteiger partial charge in [0.05, 0.1) is 10.7 Å². The zero-order valence-corrected chi connectivity index (χ0v) is 10.7. The van der Waals surface area contributed by atoms with Crippen LogP contribution in [-0.4, -0.2) is 11.5 Å². The van der Waals surface area contributed by atoms with Gasteiger partial charge in [-0.25, -0.2) is 9.37 Å². The molecule has 1 unspecified atom stereocenters. The molecule has 2 nitrogen and oxygen atoms in total. The third kappa shape index (κ3) is 2.53. The van der Waals surface area contributed by atoms with Crippen molar-refractivity contribution in [2.24, 2.45) is 5.73 Å². The summed E-state index contributed by atoms with van der Waals surface area (Å²) in [6.45, 7) is 4.41. The van der Waals surface area contributed by atoms with Crippen LogP contribution in [0.5, 0.6) is 0 Å². The Labute approximate surface area is 104 Å². The Morgan fingerprint density at radius 3 is 2.88 bits per heavy atom. The first-order chi connectivity index (χ1) is 8.11. The minimum Gasteiger partial charge on any atom is -0.330 e. The van der Waals surface area contributed by atoms with Crippen molar-refractivity contribution in [1.29, 1.82) is 0 Å². The van der Waals surface area contributed by atoms with Crippen molar-refractivity contribution in [2.75, 3.05) is 6.54 Å². The van der Waals surface area contributed by atoms with Gasteiger partial charge < -0.3 is 5.73 Å². The molecule has 2 aromatic rings. The van der Waals surface area contributed by atoms with Gasteiger partial charge in [-0.15, -0.1) is 11.3 Å². The third-order valence-electron chi connectivity index (χ3n) is 2.75. The molecule has 90 valence electrons. The number of aromatic nitrogens is 1. The minimum atomic E-state index is -0.181. The first kappa shape index (κ1) is 12.2. The van der Waals surface area contributed by atoms with E-state index in [0.717, 1.165) is 16.3 Å². The van der Waals surface area contributed by atoms with Gasteiger partial charge in [0.2, 0.25) is 0 Å². The Balaban J connectivity index is 2.33. The molecule has 17 heavy (non-hydrogen) atoms. The van der Waals surface area contributed by atoms with Gasteiger partial charge in [-0.2, -0.15) is 0 Å². The molecular weight excluding hydrogens is 235 g/mol. The van der Waals surface area contributed by atoms with Crippen LogP contribution in [0.3, 0.4) is 0 Å². The second-order valence-corrected chi connectivity index (χ2v) is 5.06. The van der Waals surface area contributed by atoms with E-state index in [9.17, 15) is 4.39 Å². The van der Waals surface area contributed by atoms with Crippen molar-refractivity contribution in [3.05, 3.63) is 40.0 Å². The van der Waals surface area contributed by atoms with Crippen molar-refractivity contribution >= 4 is 11.3 Å². The number of aryl methyl sites for hydroxylation is 1. The van der Waals surface area contributed by atoms with Crippen molar-refractivity contribution in [3.8, 4) is 11.3 Å². The monoisotopic (exact) mass is 250 g/mol. The highest BCUT2D eigenvalue weighted by atomic mass is 32.1. The quantitative estimate of drug-likeness (QED) is 0.907. The molecule has 0 amide bonds. The van der Waals surface area contributed by atoms with E-state index in [1.807, 2.05) is 11.4 Å².